The molecule has 4 heteroatoms. The van der Waals surface area contributed by atoms with Crippen LogP contribution in [0, 0.1) is 17.2 Å². The second kappa shape index (κ2) is 7.47. The number of benzene rings is 1. The molecular weight excluding hydrogens is 286 g/mol. The first-order valence-corrected chi connectivity index (χ1v) is 7.79. The van der Waals surface area contributed by atoms with Crippen molar-refractivity contribution in [3.63, 3.8) is 0 Å². The number of carbonyl (C=O) groups is 1. The van der Waals surface area contributed by atoms with Gasteiger partial charge in [-0.05, 0) is 24.1 Å². The highest BCUT2D eigenvalue weighted by Crippen LogP contribution is 2.33. The number of nitrogens with zero attached hydrogens (tertiary/aromatic N) is 1. The second-order valence-corrected chi connectivity index (χ2v) is 6.06. The van der Waals surface area contributed by atoms with E-state index < -0.39 is 5.92 Å². The first-order valence-electron chi connectivity index (χ1n) is 7.41. The van der Waals surface area contributed by atoms with Crippen molar-refractivity contribution in [1.29, 1.82) is 5.26 Å². The van der Waals surface area contributed by atoms with Gasteiger partial charge < -0.3 is 4.74 Å². The predicted octanol–water partition coefficient (Wildman–Crippen LogP) is 4.50. The third-order valence-electron chi connectivity index (χ3n) is 4.17. The Morgan fingerprint density at radius 1 is 1.43 bits per heavy atom. The molecule has 21 heavy (non-hydrogen) atoms. The van der Waals surface area contributed by atoms with Gasteiger partial charge in [-0.15, -0.1) is 0 Å². The van der Waals surface area contributed by atoms with Gasteiger partial charge in [0, 0.05) is 17.0 Å². The minimum atomic E-state index is -0.791. The Morgan fingerprint density at radius 2 is 2.14 bits per heavy atom. The molecule has 0 bridgehead atoms. The molecule has 0 amide bonds. The van der Waals surface area contributed by atoms with Crippen molar-refractivity contribution < 1.29 is 9.53 Å². The Bertz CT molecular complexity index is 544. The van der Waals surface area contributed by atoms with Crippen LogP contribution in [-0.2, 0) is 4.79 Å². The molecule has 1 saturated carbocycles. The quantitative estimate of drug-likeness (QED) is 0.805. The van der Waals surface area contributed by atoms with Gasteiger partial charge in [-0.25, -0.2) is 0 Å². The van der Waals surface area contributed by atoms with Crippen LogP contribution in [0.2, 0.25) is 5.02 Å². The standard InChI is InChI=1S/C17H20ClNO2/c1-21-17-8-7-13(18)10-14(17)15(11-19)16(20)9-12-5-3-2-4-6-12/h7-8,10,12,15H,2-6,9H2,1H3. The number of hydrogen-bond donors (Lipinski definition) is 0. The van der Waals surface area contributed by atoms with Gasteiger partial charge in [0.05, 0.1) is 13.2 Å². The predicted molar refractivity (Wildman–Crippen MR) is 82.6 cm³/mol. The fourth-order valence-corrected chi connectivity index (χ4v) is 3.22. The van der Waals surface area contributed by atoms with Gasteiger partial charge in [-0.1, -0.05) is 43.7 Å². The molecule has 0 spiro atoms. The molecular formula is C17H20ClNO2. The number of halogens is 1. The Balaban J connectivity index is 2.17. The first kappa shape index (κ1) is 15.9. The van der Waals surface area contributed by atoms with Gasteiger partial charge in [-0.2, -0.15) is 5.26 Å². The van der Waals surface area contributed by atoms with Crippen LogP contribution in [0.4, 0.5) is 0 Å². The van der Waals surface area contributed by atoms with E-state index >= 15 is 0 Å². The maximum absolute atomic E-state index is 12.5. The molecule has 0 aliphatic heterocycles. The Morgan fingerprint density at radius 3 is 2.76 bits per heavy atom. The Kier molecular flexibility index (Phi) is 5.64. The molecule has 1 aromatic carbocycles. The molecule has 1 fully saturated rings. The topological polar surface area (TPSA) is 50.1 Å². The van der Waals surface area contributed by atoms with Crippen molar-refractivity contribution in [2.75, 3.05) is 7.11 Å². The Hall–Kier alpha value is -1.53. The largest absolute Gasteiger partial charge is 0.496 e. The lowest BCUT2D eigenvalue weighted by Gasteiger charge is -2.22. The van der Waals surface area contributed by atoms with Crippen LogP contribution >= 0.6 is 11.6 Å². The average Bonchev–Trinajstić information content (AvgIpc) is 2.49. The molecule has 0 radical (unpaired) electrons. The number of ketones is 1. The maximum Gasteiger partial charge on any atom is 0.154 e. The first-order chi connectivity index (χ1) is 10.2. The summed E-state index contributed by atoms with van der Waals surface area (Å²) >= 11 is 6.00. The lowest BCUT2D eigenvalue weighted by molar-refractivity contribution is -0.120. The minimum Gasteiger partial charge on any atom is -0.496 e. The van der Waals surface area contributed by atoms with Crippen LogP contribution in [0.25, 0.3) is 0 Å². The number of nitriles is 1. The third-order valence-corrected chi connectivity index (χ3v) is 4.40. The molecule has 1 unspecified atom stereocenters. The lowest BCUT2D eigenvalue weighted by Crippen LogP contribution is -2.18. The normalized spacial score (nSPS) is 17.0. The van der Waals surface area contributed by atoms with Crippen LogP contribution in [0.15, 0.2) is 18.2 Å². The maximum atomic E-state index is 12.5. The summed E-state index contributed by atoms with van der Waals surface area (Å²) in [5, 5.41) is 9.93. The van der Waals surface area contributed by atoms with Gasteiger partial charge in [0.15, 0.2) is 5.78 Å². The van der Waals surface area contributed by atoms with Gasteiger partial charge in [0.25, 0.3) is 0 Å². The highest BCUT2D eigenvalue weighted by atomic mass is 35.5. The van der Waals surface area contributed by atoms with E-state index in [1.54, 1.807) is 18.2 Å². The van der Waals surface area contributed by atoms with Gasteiger partial charge >= 0.3 is 0 Å². The number of methoxy groups -OCH3 is 1. The van der Waals surface area contributed by atoms with Gasteiger partial charge in [0.1, 0.15) is 11.7 Å². The van der Waals surface area contributed by atoms with Crippen LogP contribution in [-0.4, -0.2) is 12.9 Å². The molecule has 0 saturated heterocycles. The van der Waals surface area contributed by atoms with E-state index in [9.17, 15) is 10.1 Å². The van der Waals surface area contributed by atoms with E-state index in [1.165, 1.54) is 26.4 Å². The lowest BCUT2D eigenvalue weighted by atomic mass is 9.82. The molecule has 1 aromatic rings. The van der Waals surface area contributed by atoms with Crippen LogP contribution in [0.3, 0.4) is 0 Å². The number of ether oxygens (including phenoxy) is 1. The second-order valence-electron chi connectivity index (χ2n) is 5.62. The van der Waals surface area contributed by atoms with Crippen LogP contribution < -0.4 is 4.74 Å². The minimum absolute atomic E-state index is 0.0232. The fraction of sp³-hybridized carbons (Fsp3) is 0.529. The average molecular weight is 306 g/mol. The summed E-state index contributed by atoms with van der Waals surface area (Å²) in [7, 11) is 1.53. The number of hydrogen-bond acceptors (Lipinski definition) is 3. The molecule has 1 atom stereocenters. The summed E-state index contributed by atoms with van der Waals surface area (Å²) < 4.78 is 5.26. The van der Waals surface area contributed by atoms with Gasteiger partial charge in [-0.3, -0.25) is 4.79 Å². The van der Waals surface area contributed by atoms with E-state index in [0.29, 0.717) is 28.7 Å². The zero-order valence-corrected chi connectivity index (χ0v) is 13.0. The molecule has 0 aromatic heterocycles. The summed E-state index contributed by atoms with van der Waals surface area (Å²) in [5.41, 5.74) is 0.577. The fourth-order valence-electron chi connectivity index (χ4n) is 3.04. The molecule has 1 aliphatic carbocycles. The highest BCUT2D eigenvalue weighted by Gasteiger charge is 2.27. The van der Waals surface area contributed by atoms with Crippen molar-refractivity contribution in [2.24, 2.45) is 5.92 Å². The van der Waals surface area contributed by atoms with Crippen molar-refractivity contribution in [3.8, 4) is 11.8 Å². The smallest absolute Gasteiger partial charge is 0.154 e. The van der Waals surface area contributed by atoms with Crippen molar-refractivity contribution in [1.82, 2.24) is 0 Å². The van der Waals surface area contributed by atoms with Crippen molar-refractivity contribution >= 4 is 17.4 Å². The number of Topliss-reactive ketones (excluding diaryl/α,β-unsaturated/α-hetero) is 1. The van der Waals surface area contributed by atoms with E-state index in [-0.39, 0.29) is 5.78 Å². The summed E-state index contributed by atoms with van der Waals surface area (Å²) in [4.78, 5) is 12.5. The Labute approximate surface area is 130 Å². The molecule has 2 rings (SSSR count). The summed E-state index contributed by atoms with van der Waals surface area (Å²) in [5.74, 6) is 0.153. The molecule has 0 N–H and O–H groups in total. The van der Waals surface area contributed by atoms with Crippen molar-refractivity contribution in [2.45, 2.75) is 44.4 Å². The van der Waals surface area contributed by atoms with Gasteiger partial charge in [0.2, 0.25) is 0 Å². The van der Waals surface area contributed by atoms with E-state index in [2.05, 4.69) is 6.07 Å². The van der Waals surface area contributed by atoms with E-state index in [0.717, 1.165) is 12.8 Å². The number of rotatable bonds is 5. The van der Waals surface area contributed by atoms with Crippen LogP contribution in [0.1, 0.15) is 50.0 Å². The SMILES string of the molecule is COc1ccc(Cl)cc1C(C#N)C(=O)CC1CCCCC1. The summed E-state index contributed by atoms with van der Waals surface area (Å²) in [6.07, 6.45) is 6.31. The van der Waals surface area contributed by atoms with Crippen LogP contribution in [0.5, 0.6) is 5.75 Å². The molecule has 112 valence electrons. The van der Waals surface area contributed by atoms with E-state index in [1.807, 2.05) is 0 Å². The molecule has 0 heterocycles. The van der Waals surface area contributed by atoms with E-state index in [4.69, 9.17) is 16.3 Å². The molecule has 1 aliphatic rings. The summed E-state index contributed by atoms with van der Waals surface area (Å²) in [6.45, 7) is 0. The zero-order chi connectivity index (χ0) is 15.2. The highest BCUT2D eigenvalue weighted by molar-refractivity contribution is 6.30. The zero-order valence-electron chi connectivity index (χ0n) is 12.3. The monoisotopic (exact) mass is 305 g/mol. The third kappa shape index (κ3) is 3.98. The summed E-state index contributed by atoms with van der Waals surface area (Å²) in [6, 6.07) is 7.18. The van der Waals surface area contributed by atoms with Crippen molar-refractivity contribution in [3.05, 3.63) is 28.8 Å². The number of carbonyl (C=O) groups excluding carboxylic acids is 1. The molecule has 3 nitrogen and oxygen atoms in total.